The topological polar surface area (TPSA) is 83.9 Å². The third-order valence-corrected chi connectivity index (χ3v) is 8.07. The normalized spacial score (nSPS) is 14.9. The quantitative estimate of drug-likeness (QED) is 0.400. The first-order chi connectivity index (χ1) is 16.4. The summed E-state index contributed by atoms with van der Waals surface area (Å²) in [4.78, 5) is 11.6. The van der Waals surface area contributed by atoms with Gasteiger partial charge in [0.1, 0.15) is 17.9 Å². The van der Waals surface area contributed by atoms with E-state index in [4.69, 9.17) is 27.9 Å². The molecule has 1 aliphatic heterocycles. The van der Waals surface area contributed by atoms with Crippen LogP contribution in [-0.2, 0) is 27.8 Å². The average molecular weight is 534 g/mol. The highest BCUT2D eigenvalue weighted by molar-refractivity contribution is 7.89. The van der Waals surface area contributed by atoms with E-state index in [1.807, 2.05) is 19.9 Å². The zero-order chi connectivity index (χ0) is 25.4. The lowest BCUT2D eigenvalue weighted by atomic mass is 9.94. The minimum atomic E-state index is -4.09. The number of hydrogen-bond donors (Lipinski definition) is 1. The first kappa shape index (κ1) is 25.5. The number of sulfonamides is 1. The van der Waals surface area contributed by atoms with Crippen LogP contribution in [-0.4, -0.2) is 35.9 Å². The molecule has 0 saturated heterocycles. The number of halogens is 2. The van der Waals surface area contributed by atoms with Crippen molar-refractivity contribution in [3.8, 4) is 16.9 Å². The van der Waals surface area contributed by atoms with Gasteiger partial charge < -0.3 is 9.84 Å². The number of carboxylic acids is 1. The number of carboxylic acid groups (broad SMARTS) is 1. The molecule has 35 heavy (non-hydrogen) atoms. The Labute approximate surface area is 215 Å². The van der Waals surface area contributed by atoms with Gasteiger partial charge in [0.2, 0.25) is 10.0 Å². The summed E-state index contributed by atoms with van der Waals surface area (Å²) in [5.74, 6) is -0.590. The molecule has 0 radical (unpaired) electrons. The Morgan fingerprint density at radius 1 is 1.03 bits per heavy atom. The van der Waals surface area contributed by atoms with Crippen LogP contribution in [0.2, 0.25) is 10.0 Å². The highest BCUT2D eigenvalue weighted by Crippen LogP contribution is 2.35. The molecule has 4 rings (SSSR count). The van der Waals surface area contributed by atoms with Crippen molar-refractivity contribution >= 4 is 39.2 Å². The first-order valence-corrected chi connectivity index (χ1v) is 13.2. The molecule has 0 unspecified atom stereocenters. The van der Waals surface area contributed by atoms with Crippen molar-refractivity contribution in [1.82, 2.24) is 4.31 Å². The monoisotopic (exact) mass is 533 g/mol. The molecule has 184 valence electrons. The Morgan fingerprint density at radius 3 is 2.43 bits per heavy atom. The van der Waals surface area contributed by atoms with Crippen molar-refractivity contribution < 1.29 is 23.1 Å². The molecule has 0 fully saturated rings. The molecule has 1 aliphatic rings. The number of ether oxygens (including phenoxy) is 1. The second-order valence-corrected chi connectivity index (χ2v) is 12.0. The van der Waals surface area contributed by atoms with Gasteiger partial charge in [-0.2, -0.15) is 4.31 Å². The molecule has 1 N–H and O–H groups in total. The SMILES string of the molecule is CC1(C)CCc2cc(S(=O)(=O)N(CC(=O)O)Cc3cccc(-c4cc(Cl)cc(Cl)c4)c3)ccc2O1. The van der Waals surface area contributed by atoms with Crippen LogP contribution >= 0.6 is 23.2 Å². The smallest absolute Gasteiger partial charge is 0.318 e. The minimum absolute atomic E-state index is 0.0404. The maximum Gasteiger partial charge on any atom is 0.318 e. The van der Waals surface area contributed by atoms with Crippen LogP contribution in [0.3, 0.4) is 0 Å². The molecule has 3 aromatic carbocycles. The predicted octanol–water partition coefficient (Wildman–Crippen LogP) is 6.04. The number of benzene rings is 3. The van der Waals surface area contributed by atoms with Crippen LogP contribution < -0.4 is 4.74 Å². The van der Waals surface area contributed by atoms with Crippen LogP contribution in [0.15, 0.2) is 65.6 Å². The lowest BCUT2D eigenvalue weighted by molar-refractivity contribution is -0.137. The minimum Gasteiger partial charge on any atom is -0.488 e. The molecule has 0 aliphatic carbocycles. The van der Waals surface area contributed by atoms with E-state index in [0.717, 1.165) is 27.4 Å². The van der Waals surface area contributed by atoms with E-state index in [9.17, 15) is 18.3 Å². The Bertz CT molecular complexity index is 1370. The van der Waals surface area contributed by atoms with Gasteiger partial charge >= 0.3 is 5.97 Å². The number of nitrogens with zero attached hydrogens (tertiary/aromatic N) is 1. The maximum atomic E-state index is 13.5. The summed E-state index contributed by atoms with van der Waals surface area (Å²) in [6.45, 7) is 3.19. The Kier molecular flexibility index (Phi) is 7.16. The van der Waals surface area contributed by atoms with E-state index in [-0.39, 0.29) is 17.0 Å². The summed E-state index contributed by atoms with van der Waals surface area (Å²) in [6, 6.07) is 17.0. The van der Waals surface area contributed by atoms with E-state index in [1.165, 1.54) is 6.07 Å². The molecule has 9 heteroatoms. The molecule has 0 aromatic heterocycles. The largest absolute Gasteiger partial charge is 0.488 e. The fourth-order valence-corrected chi connectivity index (χ4v) is 6.05. The fraction of sp³-hybridized carbons (Fsp3) is 0.269. The number of hydrogen-bond acceptors (Lipinski definition) is 4. The summed E-state index contributed by atoms with van der Waals surface area (Å²) in [5.41, 5.74) is 2.66. The molecule has 0 bridgehead atoms. The zero-order valence-corrected chi connectivity index (χ0v) is 21.6. The summed E-state index contributed by atoms with van der Waals surface area (Å²) >= 11 is 12.3. The Hall–Kier alpha value is -2.58. The second-order valence-electron chi connectivity index (χ2n) is 9.16. The van der Waals surface area contributed by atoms with Gasteiger partial charge in [-0.15, -0.1) is 0 Å². The molecular weight excluding hydrogens is 509 g/mol. The van der Waals surface area contributed by atoms with Crippen LogP contribution in [0.25, 0.3) is 11.1 Å². The van der Waals surface area contributed by atoms with Gasteiger partial charge in [0.15, 0.2) is 0 Å². The van der Waals surface area contributed by atoms with Gasteiger partial charge in [0, 0.05) is 16.6 Å². The van der Waals surface area contributed by atoms with Crippen molar-refractivity contribution in [2.75, 3.05) is 6.54 Å². The summed E-state index contributed by atoms with van der Waals surface area (Å²) in [5, 5.41) is 10.4. The third-order valence-electron chi connectivity index (χ3n) is 5.85. The number of fused-ring (bicyclic) bond motifs is 1. The number of carbonyl (C=O) groups is 1. The summed E-state index contributed by atoms with van der Waals surface area (Å²) < 4.78 is 34.0. The van der Waals surface area contributed by atoms with Crippen LogP contribution in [0.4, 0.5) is 0 Å². The van der Waals surface area contributed by atoms with Gasteiger partial charge in [-0.1, -0.05) is 41.4 Å². The van der Waals surface area contributed by atoms with E-state index in [2.05, 4.69) is 0 Å². The third kappa shape index (κ3) is 5.98. The zero-order valence-electron chi connectivity index (χ0n) is 19.3. The molecule has 0 amide bonds. The molecule has 3 aromatic rings. The molecule has 1 heterocycles. The van der Waals surface area contributed by atoms with Gasteiger partial charge in [0.05, 0.1) is 4.90 Å². The van der Waals surface area contributed by atoms with Crippen molar-refractivity contribution in [3.05, 3.63) is 81.8 Å². The van der Waals surface area contributed by atoms with Gasteiger partial charge in [0.25, 0.3) is 0 Å². The number of aryl methyl sites for hydroxylation is 1. The average Bonchev–Trinajstić information content (AvgIpc) is 2.77. The van der Waals surface area contributed by atoms with Crippen molar-refractivity contribution in [1.29, 1.82) is 0 Å². The van der Waals surface area contributed by atoms with Crippen LogP contribution in [0.5, 0.6) is 5.75 Å². The van der Waals surface area contributed by atoms with E-state index in [1.54, 1.807) is 48.5 Å². The van der Waals surface area contributed by atoms with Crippen molar-refractivity contribution in [3.63, 3.8) is 0 Å². The standard InChI is InChI=1S/C26H25Cl2NO5S/c1-26(2)9-8-19-13-23(6-7-24(19)34-26)35(32,33)29(16-25(30)31)15-17-4-3-5-18(10-17)20-11-21(27)14-22(28)12-20/h3-7,10-14H,8-9,15-16H2,1-2H3,(H,30,31). The van der Waals surface area contributed by atoms with Gasteiger partial charge in [-0.25, -0.2) is 8.42 Å². The van der Waals surface area contributed by atoms with E-state index < -0.39 is 22.5 Å². The van der Waals surface area contributed by atoms with Crippen LogP contribution in [0, 0.1) is 0 Å². The van der Waals surface area contributed by atoms with E-state index >= 15 is 0 Å². The predicted molar refractivity (Wildman–Crippen MR) is 137 cm³/mol. The maximum absolute atomic E-state index is 13.5. The molecule has 0 atom stereocenters. The highest BCUT2D eigenvalue weighted by atomic mass is 35.5. The molecular formula is C26H25Cl2NO5S. The Balaban J connectivity index is 1.66. The lowest BCUT2D eigenvalue weighted by Gasteiger charge is -2.33. The fourth-order valence-electron chi connectivity index (χ4n) is 4.09. The van der Waals surface area contributed by atoms with Crippen molar-refractivity contribution in [2.45, 2.75) is 43.7 Å². The lowest BCUT2D eigenvalue weighted by Crippen LogP contribution is -2.36. The van der Waals surface area contributed by atoms with Gasteiger partial charge in [-0.05, 0) is 91.4 Å². The number of aliphatic carboxylic acids is 1. The second kappa shape index (κ2) is 9.82. The highest BCUT2D eigenvalue weighted by Gasteiger charge is 2.31. The van der Waals surface area contributed by atoms with Gasteiger partial charge in [-0.3, -0.25) is 4.79 Å². The first-order valence-electron chi connectivity index (χ1n) is 11.0. The number of rotatable bonds is 7. The molecule has 0 saturated carbocycles. The molecule has 6 nitrogen and oxygen atoms in total. The van der Waals surface area contributed by atoms with E-state index in [0.29, 0.717) is 27.8 Å². The summed E-state index contributed by atoms with van der Waals surface area (Å²) in [6.07, 6.45) is 1.43. The van der Waals surface area contributed by atoms with Crippen LogP contribution in [0.1, 0.15) is 31.4 Å². The Morgan fingerprint density at radius 2 is 1.74 bits per heavy atom. The van der Waals surface area contributed by atoms with Crippen molar-refractivity contribution in [2.24, 2.45) is 0 Å². The summed E-state index contributed by atoms with van der Waals surface area (Å²) in [7, 11) is -4.09. The molecule has 0 spiro atoms.